The third kappa shape index (κ3) is 6.91. The number of carbonyl (C=O) groups excluding carboxylic acids is 1. The number of aryl methyl sites for hydroxylation is 1. The van der Waals surface area contributed by atoms with Crippen molar-refractivity contribution in [1.82, 2.24) is 30.2 Å². The fourth-order valence-electron chi connectivity index (χ4n) is 7.36. The van der Waals surface area contributed by atoms with Crippen LogP contribution >= 0.6 is 0 Å². The van der Waals surface area contributed by atoms with Crippen LogP contribution in [0.1, 0.15) is 48.7 Å². The molecule has 56 heavy (non-hydrogen) atoms. The summed E-state index contributed by atoms with van der Waals surface area (Å²) in [5.41, 5.74) is 7.50. The van der Waals surface area contributed by atoms with Crippen LogP contribution in [0.15, 0.2) is 164 Å². The van der Waals surface area contributed by atoms with E-state index in [4.69, 9.17) is 20.0 Å². The molecule has 3 heterocycles. The van der Waals surface area contributed by atoms with E-state index in [0.717, 1.165) is 44.6 Å². The number of nitrogens with zero attached hydrogens (tertiary/aromatic N) is 7. The molecular formula is C47H41N7O2. The SMILES string of the molecule is Cc1cc(N(Cc2ccc(-c3ccccc3)c(-c3nnnn3C(c3ccccc3)(c3ccccc3)c3ccccc3)c2)C(=O)OC(C)(C)C)c2ncccc2n1. The number of aromatic nitrogens is 6. The van der Waals surface area contributed by atoms with Crippen LogP contribution < -0.4 is 4.90 Å². The average molecular weight is 736 g/mol. The summed E-state index contributed by atoms with van der Waals surface area (Å²) in [5, 5.41) is 14.0. The van der Waals surface area contributed by atoms with Gasteiger partial charge in [-0.05, 0) is 95.8 Å². The predicted octanol–water partition coefficient (Wildman–Crippen LogP) is 10.0. The van der Waals surface area contributed by atoms with E-state index >= 15 is 0 Å². The lowest BCUT2D eigenvalue weighted by atomic mass is 9.77. The number of benzene rings is 5. The third-order valence-electron chi connectivity index (χ3n) is 9.69. The highest BCUT2D eigenvalue weighted by molar-refractivity contribution is 5.98. The maximum Gasteiger partial charge on any atom is 0.415 e. The minimum Gasteiger partial charge on any atom is -0.443 e. The van der Waals surface area contributed by atoms with E-state index in [9.17, 15) is 4.79 Å². The van der Waals surface area contributed by atoms with Crippen LogP contribution in [0.25, 0.3) is 33.5 Å². The van der Waals surface area contributed by atoms with Gasteiger partial charge in [0, 0.05) is 17.5 Å². The molecule has 0 aliphatic rings. The van der Waals surface area contributed by atoms with E-state index < -0.39 is 17.2 Å². The number of ether oxygens (including phenoxy) is 1. The molecule has 0 saturated carbocycles. The van der Waals surface area contributed by atoms with Crippen molar-refractivity contribution in [2.75, 3.05) is 4.90 Å². The van der Waals surface area contributed by atoms with Crippen molar-refractivity contribution in [1.29, 1.82) is 0 Å². The second kappa shape index (κ2) is 15.0. The molecule has 0 unspecified atom stereocenters. The molecule has 8 rings (SSSR count). The molecule has 0 aliphatic carbocycles. The van der Waals surface area contributed by atoms with Crippen LogP contribution in [0.5, 0.6) is 0 Å². The fraction of sp³-hybridized carbons (Fsp3) is 0.149. The molecule has 5 aromatic carbocycles. The topological polar surface area (TPSA) is 98.9 Å². The normalized spacial score (nSPS) is 11.7. The first-order chi connectivity index (χ1) is 27.2. The second-order valence-corrected chi connectivity index (χ2v) is 14.7. The molecule has 276 valence electrons. The largest absolute Gasteiger partial charge is 0.443 e. The Morgan fingerprint density at radius 3 is 1.88 bits per heavy atom. The predicted molar refractivity (Wildman–Crippen MR) is 220 cm³/mol. The second-order valence-electron chi connectivity index (χ2n) is 14.7. The maximum absolute atomic E-state index is 14.2. The Kier molecular flexibility index (Phi) is 9.66. The van der Waals surface area contributed by atoms with Crippen molar-refractivity contribution < 1.29 is 9.53 Å². The van der Waals surface area contributed by atoms with Crippen LogP contribution in [-0.4, -0.2) is 41.9 Å². The molecule has 0 N–H and O–H groups in total. The van der Waals surface area contributed by atoms with Crippen LogP contribution in [-0.2, 0) is 16.8 Å². The van der Waals surface area contributed by atoms with E-state index in [1.165, 1.54) is 0 Å². The summed E-state index contributed by atoms with van der Waals surface area (Å²) in [5.74, 6) is 0.554. The van der Waals surface area contributed by atoms with Gasteiger partial charge in [-0.2, -0.15) is 0 Å². The summed E-state index contributed by atoms with van der Waals surface area (Å²) in [6.07, 6.45) is 1.21. The lowest BCUT2D eigenvalue weighted by Gasteiger charge is -2.36. The first-order valence-corrected chi connectivity index (χ1v) is 18.6. The van der Waals surface area contributed by atoms with Gasteiger partial charge in [0.15, 0.2) is 5.82 Å². The van der Waals surface area contributed by atoms with Crippen LogP contribution in [0.3, 0.4) is 0 Å². The molecule has 3 aromatic heterocycles. The quantitative estimate of drug-likeness (QED) is 0.136. The zero-order chi connectivity index (χ0) is 38.7. The van der Waals surface area contributed by atoms with E-state index in [2.05, 4.69) is 70.9 Å². The van der Waals surface area contributed by atoms with E-state index in [1.807, 2.05) is 129 Å². The van der Waals surface area contributed by atoms with Crippen molar-refractivity contribution in [2.24, 2.45) is 0 Å². The fourth-order valence-corrected chi connectivity index (χ4v) is 7.36. The van der Waals surface area contributed by atoms with Gasteiger partial charge < -0.3 is 4.74 Å². The molecule has 0 saturated heterocycles. The van der Waals surface area contributed by atoms with Crippen LogP contribution in [0.2, 0.25) is 0 Å². The minimum absolute atomic E-state index is 0.175. The van der Waals surface area contributed by atoms with Crippen molar-refractivity contribution >= 4 is 22.8 Å². The first-order valence-electron chi connectivity index (χ1n) is 18.6. The summed E-state index contributed by atoms with van der Waals surface area (Å²) in [6.45, 7) is 7.68. The van der Waals surface area contributed by atoms with Gasteiger partial charge in [-0.15, -0.1) is 5.10 Å². The standard InChI is InChI=1S/C47H41N7O2/c1-33-30-42(43-41(49-33)26-17-29-48-43)53(45(55)56-46(2,3)4)32-34-27-28-39(35-18-9-5-10-19-35)40(31-34)44-50-51-52-54(44)47(36-20-11-6-12-21-36,37-22-13-7-14-23-37)38-24-15-8-16-25-38/h5-31H,32H2,1-4H3. The molecule has 0 bridgehead atoms. The number of tetrazole rings is 1. The first kappa shape index (κ1) is 36.0. The highest BCUT2D eigenvalue weighted by Gasteiger charge is 2.42. The molecule has 1 amide bonds. The highest BCUT2D eigenvalue weighted by atomic mass is 16.6. The Hall–Kier alpha value is -7.00. The molecule has 8 aromatic rings. The number of hydrogen-bond acceptors (Lipinski definition) is 7. The summed E-state index contributed by atoms with van der Waals surface area (Å²) >= 11 is 0. The molecule has 0 atom stereocenters. The number of carbonyl (C=O) groups is 1. The zero-order valence-corrected chi connectivity index (χ0v) is 31.7. The number of anilines is 1. The van der Waals surface area contributed by atoms with Gasteiger partial charge in [-0.3, -0.25) is 14.9 Å². The summed E-state index contributed by atoms with van der Waals surface area (Å²) < 4.78 is 7.96. The van der Waals surface area contributed by atoms with Crippen LogP contribution in [0.4, 0.5) is 10.5 Å². The van der Waals surface area contributed by atoms with Gasteiger partial charge >= 0.3 is 6.09 Å². The van der Waals surface area contributed by atoms with Gasteiger partial charge in [0.05, 0.1) is 17.7 Å². The van der Waals surface area contributed by atoms with E-state index in [-0.39, 0.29) is 6.54 Å². The van der Waals surface area contributed by atoms with Gasteiger partial charge in [-0.1, -0.05) is 133 Å². The Morgan fingerprint density at radius 1 is 0.696 bits per heavy atom. The summed E-state index contributed by atoms with van der Waals surface area (Å²) in [7, 11) is 0. The maximum atomic E-state index is 14.2. The Labute approximate surface area is 326 Å². The monoisotopic (exact) mass is 735 g/mol. The number of rotatable bonds is 9. The number of pyridine rings is 2. The summed E-state index contributed by atoms with van der Waals surface area (Å²) in [6, 6.07) is 53.0. The van der Waals surface area contributed by atoms with Crippen molar-refractivity contribution in [3.63, 3.8) is 0 Å². The molecule has 0 aliphatic heterocycles. The molecule has 9 nitrogen and oxygen atoms in total. The Balaban J connectivity index is 1.37. The Bertz CT molecular complexity index is 2510. The van der Waals surface area contributed by atoms with Crippen molar-refractivity contribution in [3.05, 3.63) is 192 Å². The van der Waals surface area contributed by atoms with Crippen LogP contribution in [0, 0.1) is 6.92 Å². The zero-order valence-electron chi connectivity index (χ0n) is 31.7. The van der Waals surface area contributed by atoms with E-state index in [0.29, 0.717) is 22.5 Å². The number of fused-ring (bicyclic) bond motifs is 1. The molecule has 0 radical (unpaired) electrons. The lowest BCUT2D eigenvalue weighted by Crippen LogP contribution is -2.39. The molecule has 0 fully saturated rings. The van der Waals surface area contributed by atoms with Gasteiger partial charge in [0.25, 0.3) is 0 Å². The third-order valence-corrected chi connectivity index (χ3v) is 9.69. The minimum atomic E-state index is -0.964. The highest BCUT2D eigenvalue weighted by Crippen LogP contribution is 2.44. The Morgan fingerprint density at radius 2 is 1.29 bits per heavy atom. The van der Waals surface area contributed by atoms with Gasteiger partial charge in [0.1, 0.15) is 16.7 Å². The van der Waals surface area contributed by atoms with Gasteiger partial charge in [-0.25, -0.2) is 9.48 Å². The average Bonchev–Trinajstić information content (AvgIpc) is 3.71. The van der Waals surface area contributed by atoms with Gasteiger partial charge in [0.2, 0.25) is 0 Å². The molecule has 0 spiro atoms. The molecular weight excluding hydrogens is 695 g/mol. The lowest BCUT2D eigenvalue weighted by molar-refractivity contribution is 0.0578. The summed E-state index contributed by atoms with van der Waals surface area (Å²) in [4.78, 5) is 25.2. The smallest absolute Gasteiger partial charge is 0.415 e. The van der Waals surface area contributed by atoms with Crippen molar-refractivity contribution in [3.8, 4) is 22.5 Å². The van der Waals surface area contributed by atoms with E-state index in [1.54, 1.807) is 11.1 Å². The number of hydrogen-bond donors (Lipinski definition) is 0. The number of amides is 1. The molecule has 9 heteroatoms. The van der Waals surface area contributed by atoms with Crippen molar-refractivity contribution in [2.45, 2.75) is 45.4 Å².